The van der Waals surface area contributed by atoms with Crippen LogP contribution in [-0.2, 0) is 9.47 Å². The zero-order chi connectivity index (χ0) is 11.4. The Labute approximate surface area is 93.0 Å². The van der Waals surface area contributed by atoms with Crippen LogP contribution in [0.15, 0.2) is 0 Å². The second-order valence-corrected chi connectivity index (χ2v) is 3.91. The molecule has 0 radical (unpaired) electrons. The third-order valence-corrected chi connectivity index (χ3v) is 1.75. The number of hydrogen-bond acceptors (Lipinski definition) is 4. The van der Waals surface area contributed by atoms with E-state index in [1.54, 1.807) is 0 Å². The third kappa shape index (κ3) is 13.8. The van der Waals surface area contributed by atoms with E-state index >= 15 is 0 Å². The Morgan fingerprint density at radius 2 is 1.87 bits per heavy atom. The van der Waals surface area contributed by atoms with Crippen LogP contribution in [0.2, 0.25) is 0 Å². The highest BCUT2D eigenvalue weighted by Crippen LogP contribution is 1.92. The highest BCUT2D eigenvalue weighted by molar-refractivity contribution is 4.47. The van der Waals surface area contributed by atoms with Crippen LogP contribution in [0.3, 0.4) is 0 Å². The maximum absolute atomic E-state index is 8.45. The lowest BCUT2D eigenvalue weighted by Gasteiger charge is -2.07. The minimum atomic E-state index is 0.100. The Balaban J connectivity index is 2.87. The van der Waals surface area contributed by atoms with Crippen molar-refractivity contribution >= 4 is 0 Å². The third-order valence-electron chi connectivity index (χ3n) is 1.75. The van der Waals surface area contributed by atoms with Crippen molar-refractivity contribution in [2.24, 2.45) is 5.92 Å². The van der Waals surface area contributed by atoms with E-state index in [2.05, 4.69) is 19.2 Å². The molecule has 2 N–H and O–H groups in total. The lowest BCUT2D eigenvalue weighted by atomic mass is 10.2. The SMILES string of the molecule is CC(C)COCCCNCCOCCO. The van der Waals surface area contributed by atoms with E-state index < -0.39 is 0 Å². The Hall–Kier alpha value is -0.160. The van der Waals surface area contributed by atoms with E-state index in [1.807, 2.05) is 0 Å². The van der Waals surface area contributed by atoms with Gasteiger partial charge in [0.05, 0.1) is 19.8 Å². The van der Waals surface area contributed by atoms with E-state index in [4.69, 9.17) is 14.6 Å². The Morgan fingerprint density at radius 1 is 1.07 bits per heavy atom. The van der Waals surface area contributed by atoms with Gasteiger partial charge in [-0.15, -0.1) is 0 Å². The van der Waals surface area contributed by atoms with Crippen LogP contribution in [0.5, 0.6) is 0 Å². The maximum Gasteiger partial charge on any atom is 0.0698 e. The van der Waals surface area contributed by atoms with Crippen molar-refractivity contribution in [2.45, 2.75) is 20.3 Å². The van der Waals surface area contributed by atoms with Crippen molar-refractivity contribution in [3.8, 4) is 0 Å². The number of hydrogen-bond donors (Lipinski definition) is 2. The largest absolute Gasteiger partial charge is 0.394 e. The summed E-state index contributed by atoms with van der Waals surface area (Å²) in [6.45, 7) is 8.95. The highest BCUT2D eigenvalue weighted by Gasteiger charge is 1.93. The summed E-state index contributed by atoms with van der Waals surface area (Å²) in [6.07, 6.45) is 1.03. The van der Waals surface area contributed by atoms with Gasteiger partial charge in [-0.3, -0.25) is 0 Å². The first-order chi connectivity index (χ1) is 7.27. The lowest BCUT2D eigenvalue weighted by molar-refractivity contribution is 0.0916. The van der Waals surface area contributed by atoms with Gasteiger partial charge in [-0.05, 0) is 18.9 Å². The Bertz CT molecular complexity index is 120. The minimum Gasteiger partial charge on any atom is -0.394 e. The normalized spacial score (nSPS) is 11.2. The molecule has 0 aromatic carbocycles. The molecule has 4 heteroatoms. The van der Waals surface area contributed by atoms with Crippen molar-refractivity contribution in [1.29, 1.82) is 0 Å². The smallest absolute Gasteiger partial charge is 0.0698 e. The fourth-order valence-corrected chi connectivity index (χ4v) is 1.05. The van der Waals surface area contributed by atoms with Crippen LogP contribution in [0.25, 0.3) is 0 Å². The van der Waals surface area contributed by atoms with Gasteiger partial charge in [0.15, 0.2) is 0 Å². The molecular weight excluding hydrogens is 194 g/mol. The zero-order valence-electron chi connectivity index (χ0n) is 10.00. The molecule has 0 rings (SSSR count). The van der Waals surface area contributed by atoms with Crippen LogP contribution < -0.4 is 5.32 Å². The number of aliphatic hydroxyl groups is 1. The van der Waals surface area contributed by atoms with Crippen molar-refractivity contribution in [3.05, 3.63) is 0 Å². The van der Waals surface area contributed by atoms with Gasteiger partial charge in [0.25, 0.3) is 0 Å². The first-order valence-electron chi connectivity index (χ1n) is 5.74. The van der Waals surface area contributed by atoms with E-state index in [9.17, 15) is 0 Å². The lowest BCUT2D eigenvalue weighted by Crippen LogP contribution is -2.22. The van der Waals surface area contributed by atoms with Crippen LogP contribution in [0, 0.1) is 5.92 Å². The monoisotopic (exact) mass is 219 g/mol. The van der Waals surface area contributed by atoms with Crippen LogP contribution in [0.1, 0.15) is 20.3 Å². The summed E-state index contributed by atoms with van der Waals surface area (Å²) in [5.41, 5.74) is 0. The van der Waals surface area contributed by atoms with Gasteiger partial charge in [0.1, 0.15) is 0 Å². The molecule has 0 aliphatic carbocycles. The minimum absolute atomic E-state index is 0.100. The molecule has 0 saturated carbocycles. The summed E-state index contributed by atoms with van der Waals surface area (Å²) in [7, 11) is 0. The molecular formula is C11H25NO3. The van der Waals surface area contributed by atoms with Crippen LogP contribution in [0.4, 0.5) is 0 Å². The molecule has 0 spiro atoms. The van der Waals surface area contributed by atoms with Gasteiger partial charge in [-0.1, -0.05) is 13.8 Å². The number of aliphatic hydroxyl groups excluding tert-OH is 1. The standard InChI is InChI=1S/C11H25NO3/c1-11(2)10-15-7-3-4-12-5-8-14-9-6-13/h11-13H,3-10H2,1-2H3. The van der Waals surface area contributed by atoms with E-state index in [-0.39, 0.29) is 6.61 Å². The summed E-state index contributed by atoms with van der Waals surface area (Å²) in [6, 6.07) is 0. The van der Waals surface area contributed by atoms with Crippen molar-refractivity contribution in [1.82, 2.24) is 5.32 Å². The summed E-state index contributed by atoms with van der Waals surface area (Å²) in [5, 5.41) is 11.7. The first-order valence-corrected chi connectivity index (χ1v) is 5.74. The summed E-state index contributed by atoms with van der Waals surface area (Å²) < 4.78 is 10.5. The molecule has 92 valence electrons. The molecule has 0 amide bonds. The van der Waals surface area contributed by atoms with Gasteiger partial charge in [0.2, 0.25) is 0 Å². The van der Waals surface area contributed by atoms with Crippen molar-refractivity contribution in [3.63, 3.8) is 0 Å². The summed E-state index contributed by atoms with van der Waals surface area (Å²) in [5.74, 6) is 0.616. The molecule has 0 saturated heterocycles. The second-order valence-electron chi connectivity index (χ2n) is 3.91. The van der Waals surface area contributed by atoms with Gasteiger partial charge in [-0.25, -0.2) is 0 Å². The quantitative estimate of drug-likeness (QED) is 0.501. The molecule has 0 unspecified atom stereocenters. The Morgan fingerprint density at radius 3 is 2.53 bits per heavy atom. The average Bonchev–Trinajstić information content (AvgIpc) is 2.20. The van der Waals surface area contributed by atoms with Gasteiger partial charge in [-0.2, -0.15) is 0 Å². The molecule has 0 fully saturated rings. The predicted molar refractivity (Wildman–Crippen MR) is 61.0 cm³/mol. The number of rotatable bonds is 11. The molecule has 0 bridgehead atoms. The molecule has 0 aliphatic heterocycles. The molecule has 15 heavy (non-hydrogen) atoms. The van der Waals surface area contributed by atoms with E-state index in [1.165, 1.54) is 0 Å². The molecule has 0 aromatic heterocycles. The number of nitrogens with one attached hydrogen (secondary N) is 1. The van der Waals surface area contributed by atoms with Crippen molar-refractivity contribution < 1.29 is 14.6 Å². The molecule has 4 nitrogen and oxygen atoms in total. The van der Waals surface area contributed by atoms with Crippen LogP contribution >= 0.6 is 0 Å². The first kappa shape index (κ1) is 14.8. The molecule has 0 heterocycles. The molecule has 0 aromatic rings. The predicted octanol–water partition coefficient (Wildman–Crippen LogP) is 0.648. The van der Waals surface area contributed by atoms with Gasteiger partial charge < -0.3 is 19.9 Å². The molecule has 0 aliphatic rings. The number of ether oxygens (including phenoxy) is 2. The van der Waals surface area contributed by atoms with Crippen molar-refractivity contribution in [2.75, 3.05) is 46.1 Å². The average molecular weight is 219 g/mol. The topological polar surface area (TPSA) is 50.7 Å². The zero-order valence-corrected chi connectivity index (χ0v) is 10.00. The highest BCUT2D eigenvalue weighted by atomic mass is 16.5. The second kappa shape index (κ2) is 11.9. The van der Waals surface area contributed by atoms with E-state index in [0.717, 1.165) is 32.7 Å². The van der Waals surface area contributed by atoms with Crippen LogP contribution in [-0.4, -0.2) is 51.2 Å². The summed E-state index contributed by atoms with van der Waals surface area (Å²) in [4.78, 5) is 0. The van der Waals surface area contributed by atoms with E-state index in [0.29, 0.717) is 19.1 Å². The van der Waals surface area contributed by atoms with Gasteiger partial charge in [0, 0.05) is 19.8 Å². The Kier molecular flexibility index (Phi) is 11.8. The molecule has 0 atom stereocenters. The van der Waals surface area contributed by atoms with Gasteiger partial charge >= 0.3 is 0 Å². The fraction of sp³-hybridized carbons (Fsp3) is 1.00. The summed E-state index contributed by atoms with van der Waals surface area (Å²) >= 11 is 0. The fourth-order valence-electron chi connectivity index (χ4n) is 1.05. The maximum atomic E-state index is 8.45.